The van der Waals surface area contributed by atoms with Gasteiger partial charge in [0.25, 0.3) is 5.91 Å². The Morgan fingerprint density at radius 1 is 1.28 bits per heavy atom. The molecule has 2 heterocycles. The number of aromatic nitrogens is 1. The number of nitrogens with zero attached hydrogens (tertiary/aromatic N) is 2. The Bertz CT molecular complexity index is 610. The average molecular weight is 347 g/mol. The molecule has 1 saturated heterocycles. The van der Waals surface area contributed by atoms with Gasteiger partial charge >= 0.3 is 6.09 Å². The highest BCUT2D eigenvalue weighted by Crippen LogP contribution is 2.29. The molecule has 0 aromatic carbocycles. The highest BCUT2D eigenvalue weighted by atomic mass is 16.6. The third-order valence-electron chi connectivity index (χ3n) is 4.52. The summed E-state index contributed by atoms with van der Waals surface area (Å²) >= 11 is 0. The quantitative estimate of drug-likeness (QED) is 0.853. The van der Waals surface area contributed by atoms with Crippen LogP contribution >= 0.6 is 0 Å². The maximum atomic E-state index is 12.4. The monoisotopic (exact) mass is 347 g/mol. The number of hydrogen-bond donors (Lipinski definition) is 1. The molecule has 0 spiro atoms. The molecule has 7 heteroatoms. The van der Waals surface area contributed by atoms with Crippen molar-refractivity contribution in [3.05, 3.63) is 23.9 Å². The standard InChI is InChI=1S/C18H25N3O4/c1-2-24-18(23)21-9-6-15(7-10-21)20-17(22)14-5-8-19-16(11-14)25-12-13-3-4-13/h5,8,11,13,15H,2-4,6-7,9-10,12H2,1H3,(H,20,22). The van der Waals surface area contributed by atoms with E-state index in [2.05, 4.69) is 10.3 Å². The zero-order valence-electron chi connectivity index (χ0n) is 14.6. The number of rotatable bonds is 6. The predicted octanol–water partition coefficient (Wildman–Crippen LogP) is 2.22. The first-order valence-corrected chi connectivity index (χ1v) is 8.97. The van der Waals surface area contributed by atoms with E-state index >= 15 is 0 Å². The molecular formula is C18H25N3O4. The molecule has 0 unspecified atom stereocenters. The van der Waals surface area contributed by atoms with Gasteiger partial charge in [-0.25, -0.2) is 9.78 Å². The molecule has 3 rings (SSSR count). The third kappa shape index (κ3) is 5.08. The smallest absolute Gasteiger partial charge is 0.409 e. The van der Waals surface area contributed by atoms with Gasteiger partial charge < -0.3 is 19.7 Å². The molecule has 2 fully saturated rings. The molecule has 1 saturated carbocycles. The molecule has 2 aliphatic rings. The fourth-order valence-corrected chi connectivity index (χ4v) is 2.81. The molecule has 1 aliphatic heterocycles. The summed E-state index contributed by atoms with van der Waals surface area (Å²) in [6.07, 6.45) is 5.19. The topological polar surface area (TPSA) is 80.8 Å². The first-order valence-electron chi connectivity index (χ1n) is 8.97. The predicted molar refractivity (Wildman–Crippen MR) is 91.5 cm³/mol. The second-order valence-corrected chi connectivity index (χ2v) is 6.57. The molecule has 1 aromatic heterocycles. The van der Waals surface area contributed by atoms with E-state index in [1.807, 2.05) is 0 Å². The maximum absolute atomic E-state index is 12.4. The Balaban J connectivity index is 1.47. The van der Waals surface area contributed by atoms with Crippen molar-refractivity contribution in [2.75, 3.05) is 26.3 Å². The summed E-state index contributed by atoms with van der Waals surface area (Å²) in [5.74, 6) is 1.01. The minimum absolute atomic E-state index is 0.0576. The highest BCUT2D eigenvalue weighted by molar-refractivity contribution is 5.94. The van der Waals surface area contributed by atoms with Crippen molar-refractivity contribution in [2.45, 2.75) is 38.6 Å². The summed E-state index contributed by atoms with van der Waals surface area (Å²) in [4.78, 5) is 30.0. The number of amides is 2. The summed E-state index contributed by atoms with van der Waals surface area (Å²) < 4.78 is 10.6. The number of piperidine rings is 1. The Labute approximate surface area is 147 Å². The second-order valence-electron chi connectivity index (χ2n) is 6.57. The van der Waals surface area contributed by atoms with Crippen molar-refractivity contribution >= 4 is 12.0 Å². The zero-order valence-corrected chi connectivity index (χ0v) is 14.6. The Hall–Kier alpha value is -2.31. The molecule has 1 N–H and O–H groups in total. The van der Waals surface area contributed by atoms with Crippen LogP contribution in [0.15, 0.2) is 18.3 Å². The van der Waals surface area contributed by atoms with Crippen LogP contribution in [0.3, 0.4) is 0 Å². The number of carbonyl (C=O) groups is 2. The molecule has 0 bridgehead atoms. The molecule has 0 atom stereocenters. The van der Waals surface area contributed by atoms with Crippen molar-refractivity contribution in [1.82, 2.24) is 15.2 Å². The number of ether oxygens (including phenoxy) is 2. The van der Waals surface area contributed by atoms with E-state index in [4.69, 9.17) is 9.47 Å². The largest absolute Gasteiger partial charge is 0.477 e. The van der Waals surface area contributed by atoms with E-state index in [0.717, 1.165) is 12.8 Å². The summed E-state index contributed by atoms with van der Waals surface area (Å²) in [7, 11) is 0. The van der Waals surface area contributed by atoms with Crippen LogP contribution < -0.4 is 10.1 Å². The van der Waals surface area contributed by atoms with E-state index in [1.54, 1.807) is 30.2 Å². The van der Waals surface area contributed by atoms with Crippen molar-refractivity contribution in [1.29, 1.82) is 0 Å². The number of pyridine rings is 1. The van der Waals surface area contributed by atoms with Crippen molar-refractivity contribution in [3.8, 4) is 5.88 Å². The van der Waals surface area contributed by atoms with Crippen molar-refractivity contribution < 1.29 is 19.1 Å². The minimum atomic E-state index is -0.279. The number of likely N-dealkylation sites (tertiary alicyclic amines) is 1. The summed E-state index contributed by atoms with van der Waals surface area (Å²) in [5.41, 5.74) is 0.550. The zero-order chi connectivity index (χ0) is 17.6. The maximum Gasteiger partial charge on any atom is 0.409 e. The van der Waals surface area contributed by atoms with Crippen LogP contribution in [-0.2, 0) is 4.74 Å². The fraction of sp³-hybridized carbons (Fsp3) is 0.611. The van der Waals surface area contributed by atoms with E-state index in [-0.39, 0.29) is 18.0 Å². The first-order chi connectivity index (χ1) is 12.2. The fourth-order valence-electron chi connectivity index (χ4n) is 2.81. The van der Waals surface area contributed by atoms with Crippen LogP contribution in [0.4, 0.5) is 4.79 Å². The minimum Gasteiger partial charge on any atom is -0.477 e. The Morgan fingerprint density at radius 3 is 2.72 bits per heavy atom. The first kappa shape index (κ1) is 17.5. The molecule has 1 aromatic rings. The summed E-state index contributed by atoms with van der Waals surface area (Å²) in [6.45, 7) is 4.03. The van der Waals surface area contributed by atoms with Gasteiger partial charge in [-0.3, -0.25) is 4.79 Å². The number of carbonyl (C=O) groups excluding carboxylic acids is 2. The Kier molecular flexibility index (Phi) is 5.73. The van der Waals surface area contributed by atoms with E-state index in [1.165, 1.54) is 12.8 Å². The van der Waals surface area contributed by atoms with Crippen molar-refractivity contribution in [3.63, 3.8) is 0 Å². The SMILES string of the molecule is CCOC(=O)N1CCC(NC(=O)c2ccnc(OCC3CC3)c2)CC1. The highest BCUT2D eigenvalue weighted by Gasteiger charge is 2.25. The molecule has 25 heavy (non-hydrogen) atoms. The van der Waals surface area contributed by atoms with Gasteiger partial charge in [-0.05, 0) is 44.6 Å². The van der Waals surface area contributed by atoms with Crippen LogP contribution in [0.5, 0.6) is 5.88 Å². The van der Waals surface area contributed by atoms with E-state index in [9.17, 15) is 9.59 Å². The van der Waals surface area contributed by atoms with Gasteiger partial charge in [0.05, 0.1) is 13.2 Å². The molecule has 136 valence electrons. The van der Waals surface area contributed by atoms with Gasteiger partial charge in [0.2, 0.25) is 5.88 Å². The van der Waals surface area contributed by atoms with Crippen LogP contribution in [0.25, 0.3) is 0 Å². The molecule has 0 radical (unpaired) electrons. The molecule has 1 aliphatic carbocycles. The van der Waals surface area contributed by atoms with Gasteiger partial charge in [0.15, 0.2) is 0 Å². The van der Waals surface area contributed by atoms with Gasteiger partial charge in [-0.2, -0.15) is 0 Å². The van der Waals surface area contributed by atoms with E-state index in [0.29, 0.717) is 43.7 Å². The van der Waals surface area contributed by atoms with Crippen molar-refractivity contribution in [2.24, 2.45) is 5.92 Å². The summed E-state index contributed by atoms with van der Waals surface area (Å²) in [5, 5.41) is 3.03. The molecule has 2 amide bonds. The normalized spacial score (nSPS) is 17.9. The van der Waals surface area contributed by atoms with Gasteiger partial charge in [0, 0.05) is 37.0 Å². The van der Waals surface area contributed by atoms with Crippen LogP contribution in [-0.4, -0.2) is 54.2 Å². The molecule has 7 nitrogen and oxygen atoms in total. The number of hydrogen-bond acceptors (Lipinski definition) is 5. The Morgan fingerprint density at radius 2 is 2.04 bits per heavy atom. The third-order valence-corrected chi connectivity index (χ3v) is 4.52. The molecular weight excluding hydrogens is 322 g/mol. The van der Waals surface area contributed by atoms with E-state index < -0.39 is 0 Å². The van der Waals surface area contributed by atoms with Crippen LogP contribution in [0.2, 0.25) is 0 Å². The van der Waals surface area contributed by atoms with Gasteiger partial charge in [-0.15, -0.1) is 0 Å². The lowest BCUT2D eigenvalue weighted by Crippen LogP contribution is -2.46. The lowest BCUT2D eigenvalue weighted by molar-refractivity contribution is 0.0859. The lowest BCUT2D eigenvalue weighted by Gasteiger charge is -2.31. The van der Waals surface area contributed by atoms with Crippen LogP contribution in [0.1, 0.15) is 43.0 Å². The number of nitrogens with one attached hydrogen (secondary N) is 1. The van der Waals surface area contributed by atoms with Gasteiger partial charge in [-0.1, -0.05) is 0 Å². The lowest BCUT2D eigenvalue weighted by atomic mass is 10.0. The summed E-state index contributed by atoms with van der Waals surface area (Å²) in [6, 6.07) is 3.43. The average Bonchev–Trinajstić information content (AvgIpc) is 3.45. The van der Waals surface area contributed by atoms with Gasteiger partial charge in [0.1, 0.15) is 0 Å². The van der Waals surface area contributed by atoms with Crippen LogP contribution in [0, 0.1) is 5.92 Å². The second kappa shape index (κ2) is 8.18.